The molecule has 78 valence electrons. The maximum absolute atomic E-state index is 10.9. The molecule has 0 N–H and O–H groups in total. The number of carbonyl (C=O) groups is 1. The summed E-state index contributed by atoms with van der Waals surface area (Å²) in [5.41, 5.74) is 2.18. The van der Waals surface area contributed by atoms with Gasteiger partial charge in [-0.1, -0.05) is 46.0 Å². The SMILES string of the molecule is CC(=O)CCc1ccccc1C#CCBr. The van der Waals surface area contributed by atoms with Crippen molar-refractivity contribution in [1.82, 2.24) is 0 Å². The van der Waals surface area contributed by atoms with E-state index in [2.05, 4.69) is 27.8 Å². The van der Waals surface area contributed by atoms with E-state index < -0.39 is 0 Å². The Morgan fingerprint density at radius 2 is 2.13 bits per heavy atom. The van der Waals surface area contributed by atoms with Gasteiger partial charge in [0.2, 0.25) is 0 Å². The first kappa shape index (κ1) is 12.0. The van der Waals surface area contributed by atoms with Gasteiger partial charge in [0.25, 0.3) is 0 Å². The van der Waals surface area contributed by atoms with E-state index in [9.17, 15) is 4.79 Å². The van der Waals surface area contributed by atoms with Crippen LogP contribution in [0, 0.1) is 11.8 Å². The zero-order valence-corrected chi connectivity index (χ0v) is 10.3. The van der Waals surface area contributed by atoms with Crippen molar-refractivity contribution in [2.75, 3.05) is 5.33 Å². The molecule has 0 fully saturated rings. The van der Waals surface area contributed by atoms with Gasteiger partial charge in [0.15, 0.2) is 0 Å². The Labute approximate surface area is 99.0 Å². The van der Waals surface area contributed by atoms with Crippen LogP contribution in [0.1, 0.15) is 24.5 Å². The zero-order chi connectivity index (χ0) is 11.1. The van der Waals surface area contributed by atoms with Crippen LogP contribution in [-0.4, -0.2) is 11.1 Å². The number of Topliss-reactive ketones (excluding diaryl/α,β-unsaturated/α-hetero) is 1. The molecule has 0 aliphatic heterocycles. The molecule has 0 aliphatic carbocycles. The Balaban J connectivity index is 2.81. The average molecular weight is 265 g/mol. The van der Waals surface area contributed by atoms with Crippen molar-refractivity contribution in [3.8, 4) is 11.8 Å². The highest BCUT2D eigenvalue weighted by atomic mass is 79.9. The molecule has 0 saturated heterocycles. The summed E-state index contributed by atoms with van der Waals surface area (Å²) in [5.74, 6) is 6.27. The number of aryl methyl sites for hydroxylation is 1. The Morgan fingerprint density at radius 3 is 2.80 bits per heavy atom. The minimum Gasteiger partial charge on any atom is -0.300 e. The van der Waals surface area contributed by atoms with E-state index in [-0.39, 0.29) is 5.78 Å². The van der Waals surface area contributed by atoms with E-state index in [1.54, 1.807) is 6.92 Å². The lowest BCUT2D eigenvalue weighted by Crippen LogP contribution is -1.96. The largest absolute Gasteiger partial charge is 0.300 e. The summed E-state index contributed by atoms with van der Waals surface area (Å²) in [4.78, 5) is 10.9. The predicted molar refractivity (Wildman–Crippen MR) is 66.1 cm³/mol. The third-order valence-electron chi connectivity index (χ3n) is 2.05. The number of benzene rings is 1. The third kappa shape index (κ3) is 4.31. The van der Waals surface area contributed by atoms with E-state index in [1.807, 2.05) is 24.3 Å². The van der Waals surface area contributed by atoms with Crippen LogP contribution in [-0.2, 0) is 11.2 Å². The number of ketones is 1. The van der Waals surface area contributed by atoms with Gasteiger partial charge >= 0.3 is 0 Å². The van der Waals surface area contributed by atoms with Crippen molar-refractivity contribution in [2.24, 2.45) is 0 Å². The van der Waals surface area contributed by atoms with Crippen molar-refractivity contribution in [2.45, 2.75) is 19.8 Å². The summed E-state index contributed by atoms with van der Waals surface area (Å²) in [7, 11) is 0. The molecule has 0 unspecified atom stereocenters. The topological polar surface area (TPSA) is 17.1 Å². The monoisotopic (exact) mass is 264 g/mol. The van der Waals surface area contributed by atoms with Crippen LogP contribution in [0.3, 0.4) is 0 Å². The molecular formula is C13H13BrO. The van der Waals surface area contributed by atoms with Crippen LogP contribution in [0.4, 0.5) is 0 Å². The number of hydrogen-bond donors (Lipinski definition) is 0. The quantitative estimate of drug-likeness (QED) is 0.606. The predicted octanol–water partition coefficient (Wildman–Crippen LogP) is 2.95. The molecule has 15 heavy (non-hydrogen) atoms. The number of hydrogen-bond acceptors (Lipinski definition) is 1. The van der Waals surface area contributed by atoms with Gasteiger partial charge in [-0.25, -0.2) is 0 Å². The molecule has 0 radical (unpaired) electrons. The van der Waals surface area contributed by atoms with Crippen LogP contribution in [0.5, 0.6) is 0 Å². The molecule has 2 heteroatoms. The first-order chi connectivity index (χ1) is 7.24. The van der Waals surface area contributed by atoms with E-state index >= 15 is 0 Å². The van der Waals surface area contributed by atoms with Gasteiger partial charge in [-0.15, -0.1) is 0 Å². The Morgan fingerprint density at radius 1 is 1.40 bits per heavy atom. The molecule has 0 spiro atoms. The number of alkyl halides is 1. The Kier molecular flexibility index (Phi) is 5.14. The smallest absolute Gasteiger partial charge is 0.130 e. The number of halogens is 1. The molecule has 0 aromatic heterocycles. The average Bonchev–Trinajstić information content (AvgIpc) is 2.24. The summed E-state index contributed by atoms with van der Waals surface area (Å²) >= 11 is 3.27. The second kappa shape index (κ2) is 6.42. The maximum atomic E-state index is 10.9. The fraction of sp³-hybridized carbons (Fsp3) is 0.308. The standard InChI is InChI=1S/C13H13BrO/c1-11(15)8-9-13-6-3-2-5-12(13)7-4-10-14/h2-3,5-6H,8-10H2,1H3. The lowest BCUT2D eigenvalue weighted by Gasteiger charge is -2.02. The molecule has 0 amide bonds. The number of carbonyl (C=O) groups excluding carboxylic acids is 1. The highest BCUT2D eigenvalue weighted by molar-refractivity contribution is 9.09. The third-order valence-corrected chi connectivity index (χ3v) is 2.33. The van der Waals surface area contributed by atoms with E-state index in [1.165, 1.54) is 0 Å². The van der Waals surface area contributed by atoms with E-state index in [0.717, 1.165) is 17.5 Å². The summed E-state index contributed by atoms with van der Waals surface area (Å²) in [6.45, 7) is 1.62. The summed E-state index contributed by atoms with van der Waals surface area (Å²) < 4.78 is 0. The molecular weight excluding hydrogens is 252 g/mol. The molecule has 0 bridgehead atoms. The van der Waals surface area contributed by atoms with Crippen molar-refractivity contribution in [3.63, 3.8) is 0 Å². The van der Waals surface area contributed by atoms with Gasteiger partial charge in [0.05, 0.1) is 5.33 Å². The van der Waals surface area contributed by atoms with Gasteiger partial charge in [0, 0.05) is 12.0 Å². The van der Waals surface area contributed by atoms with Crippen LogP contribution in [0.15, 0.2) is 24.3 Å². The first-order valence-electron chi connectivity index (χ1n) is 4.86. The maximum Gasteiger partial charge on any atom is 0.130 e. The molecule has 1 aromatic carbocycles. The molecule has 0 saturated carbocycles. The van der Waals surface area contributed by atoms with Gasteiger partial charge in [-0.3, -0.25) is 0 Å². The van der Waals surface area contributed by atoms with Gasteiger partial charge in [-0.05, 0) is 25.0 Å². The van der Waals surface area contributed by atoms with Crippen molar-refractivity contribution in [1.29, 1.82) is 0 Å². The van der Waals surface area contributed by atoms with E-state index in [4.69, 9.17) is 0 Å². The summed E-state index contributed by atoms with van der Waals surface area (Å²) in [5, 5.41) is 0.675. The fourth-order valence-corrected chi connectivity index (χ4v) is 1.44. The Hall–Kier alpha value is -1.07. The van der Waals surface area contributed by atoms with Crippen molar-refractivity contribution in [3.05, 3.63) is 35.4 Å². The highest BCUT2D eigenvalue weighted by Crippen LogP contribution is 2.10. The van der Waals surface area contributed by atoms with Crippen LogP contribution < -0.4 is 0 Å². The molecule has 0 aliphatic rings. The van der Waals surface area contributed by atoms with Gasteiger partial charge < -0.3 is 4.79 Å². The van der Waals surface area contributed by atoms with Crippen molar-refractivity contribution < 1.29 is 4.79 Å². The second-order valence-electron chi connectivity index (χ2n) is 3.29. The zero-order valence-electron chi connectivity index (χ0n) is 8.72. The van der Waals surface area contributed by atoms with Gasteiger partial charge in [-0.2, -0.15) is 0 Å². The normalized spacial score (nSPS) is 9.20. The number of rotatable bonds is 3. The van der Waals surface area contributed by atoms with Crippen molar-refractivity contribution >= 4 is 21.7 Å². The molecule has 0 heterocycles. The minimum atomic E-state index is 0.221. The minimum absolute atomic E-state index is 0.221. The van der Waals surface area contributed by atoms with Crippen LogP contribution >= 0.6 is 15.9 Å². The van der Waals surface area contributed by atoms with Gasteiger partial charge in [0.1, 0.15) is 5.78 Å². The second-order valence-corrected chi connectivity index (χ2v) is 3.86. The summed E-state index contributed by atoms with van der Waals surface area (Å²) in [6.07, 6.45) is 1.37. The molecule has 1 nitrogen and oxygen atoms in total. The lowest BCUT2D eigenvalue weighted by molar-refractivity contribution is -0.116. The highest BCUT2D eigenvalue weighted by Gasteiger charge is 2.00. The lowest BCUT2D eigenvalue weighted by atomic mass is 10.0. The first-order valence-corrected chi connectivity index (χ1v) is 5.98. The molecule has 0 atom stereocenters. The Bertz CT molecular complexity index is 398. The van der Waals surface area contributed by atoms with Crippen LogP contribution in [0.2, 0.25) is 0 Å². The molecule has 1 aromatic rings. The summed E-state index contributed by atoms with van der Waals surface area (Å²) in [6, 6.07) is 7.97. The van der Waals surface area contributed by atoms with Crippen LogP contribution in [0.25, 0.3) is 0 Å². The van der Waals surface area contributed by atoms with E-state index in [0.29, 0.717) is 11.8 Å². The molecule has 1 rings (SSSR count). The fourth-order valence-electron chi connectivity index (χ4n) is 1.30.